The van der Waals surface area contributed by atoms with Crippen molar-refractivity contribution in [2.45, 2.75) is 18.3 Å². The predicted octanol–water partition coefficient (Wildman–Crippen LogP) is 1.58. The molecule has 0 bridgehead atoms. The molecule has 2 aromatic heterocycles. The third-order valence-corrected chi connectivity index (χ3v) is 7.82. The van der Waals surface area contributed by atoms with E-state index in [0.29, 0.717) is 24.2 Å². The number of thiophene rings is 1. The normalized spacial score (nSPS) is 23.7. The van der Waals surface area contributed by atoms with E-state index in [1.54, 1.807) is 35.5 Å². The van der Waals surface area contributed by atoms with Crippen molar-refractivity contribution < 1.29 is 23.7 Å². The Labute approximate surface area is 177 Å². The highest BCUT2D eigenvalue weighted by atomic mass is 32.2. The molecule has 3 aliphatic rings. The van der Waals surface area contributed by atoms with Gasteiger partial charge < -0.3 is 10.0 Å². The van der Waals surface area contributed by atoms with Gasteiger partial charge in [0.1, 0.15) is 11.1 Å². The molecule has 5 rings (SSSR count). The third kappa shape index (κ3) is 2.91. The number of carbonyl (C=O) groups is 3. The van der Waals surface area contributed by atoms with E-state index in [1.807, 2.05) is 6.07 Å². The number of nitrogens with zero attached hydrogens (tertiary/aromatic N) is 3. The van der Waals surface area contributed by atoms with E-state index in [1.165, 1.54) is 11.3 Å². The summed E-state index contributed by atoms with van der Waals surface area (Å²) in [6.07, 6.45) is 5.58. The zero-order valence-corrected chi connectivity index (χ0v) is 17.1. The largest absolute Gasteiger partial charge is 0.477 e. The lowest BCUT2D eigenvalue weighted by Crippen LogP contribution is -2.53. The highest BCUT2D eigenvalue weighted by Gasteiger charge is 2.53. The third-order valence-electron chi connectivity index (χ3n) is 5.27. The van der Waals surface area contributed by atoms with Crippen LogP contribution in [0.3, 0.4) is 0 Å². The van der Waals surface area contributed by atoms with Crippen molar-refractivity contribution in [1.82, 2.24) is 14.8 Å². The molecule has 0 spiro atoms. The van der Waals surface area contributed by atoms with Gasteiger partial charge in [-0.15, -0.1) is 11.3 Å². The second-order valence-electron chi connectivity index (χ2n) is 7.08. The summed E-state index contributed by atoms with van der Waals surface area (Å²) in [6, 6.07) is 5.41. The van der Waals surface area contributed by atoms with Gasteiger partial charge in [0.25, 0.3) is 11.8 Å². The van der Waals surface area contributed by atoms with E-state index in [4.69, 9.17) is 5.11 Å². The Morgan fingerprint density at radius 3 is 2.93 bits per heavy atom. The lowest BCUT2D eigenvalue weighted by atomic mass is 10.0. The van der Waals surface area contributed by atoms with Gasteiger partial charge in [-0.2, -0.15) is 0 Å². The fraction of sp³-hybridized carbons (Fsp3) is 0.200. The zero-order chi connectivity index (χ0) is 21.0. The second-order valence-corrected chi connectivity index (χ2v) is 9.59. The van der Waals surface area contributed by atoms with Crippen LogP contribution in [0.25, 0.3) is 6.08 Å². The second kappa shape index (κ2) is 6.99. The lowest BCUT2D eigenvalue weighted by molar-refractivity contribution is -0.141. The summed E-state index contributed by atoms with van der Waals surface area (Å²) in [4.78, 5) is 45.1. The topological polar surface area (TPSA) is 108 Å². The van der Waals surface area contributed by atoms with E-state index in [-0.39, 0.29) is 11.6 Å². The molecule has 1 saturated heterocycles. The number of amides is 2. The predicted molar refractivity (Wildman–Crippen MR) is 109 cm³/mol. The van der Waals surface area contributed by atoms with Crippen LogP contribution in [0, 0.1) is 0 Å². The number of carboxylic acids is 1. The summed E-state index contributed by atoms with van der Waals surface area (Å²) in [5.41, 5.74) is 1.69. The molecule has 0 saturated carbocycles. The van der Waals surface area contributed by atoms with Crippen LogP contribution < -0.4 is 0 Å². The van der Waals surface area contributed by atoms with Crippen LogP contribution in [0.1, 0.15) is 25.7 Å². The van der Waals surface area contributed by atoms with Crippen LogP contribution in [0.2, 0.25) is 0 Å². The Balaban J connectivity index is 1.36. The van der Waals surface area contributed by atoms with Gasteiger partial charge in [-0.3, -0.25) is 23.7 Å². The van der Waals surface area contributed by atoms with Gasteiger partial charge in [-0.05, 0) is 36.3 Å². The minimum Gasteiger partial charge on any atom is -0.477 e. The first kappa shape index (κ1) is 18.9. The average molecular weight is 441 g/mol. The average Bonchev–Trinajstić information content (AvgIpc) is 3.29. The molecule has 0 aromatic carbocycles. The van der Waals surface area contributed by atoms with Crippen molar-refractivity contribution in [3.05, 3.63) is 68.2 Å². The van der Waals surface area contributed by atoms with Crippen LogP contribution in [0.15, 0.2) is 47.3 Å². The first-order chi connectivity index (χ1) is 14.4. The number of aliphatic carboxylic acids is 1. The minimum absolute atomic E-state index is 0.0710. The number of hydrogen-bond acceptors (Lipinski definition) is 6. The first-order valence-corrected chi connectivity index (χ1v) is 11.2. The van der Waals surface area contributed by atoms with Crippen molar-refractivity contribution in [2.24, 2.45) is 0 Å². The Kier molecular flexibility index (Phi) is 4.40. The zero-order valence-electron chi connectivity index (χ0n) is 15.5. The van der Waals surface area contributed by atoms with Gasteiger partial charge in [0.05, 0.1) is 21.9 Å². The number of hydrogen-bond donors (Lipinski definition) is 1. The van der Waals surface area contributed by atoms with Crippen molar-refractivity contribution in [3.63, 3.8) is 0 Å². The van der Waals surface area contributed by atoms with Crippen molar-refractivity contribution in [1.29, 1.82) is 0 Å². The summed E-state index contributed by atoms with van der Waals surface area (Å²) < 4.78 is 12.2. The molecule has 2 atom stereocenters. The van der Waals surface area contributed by atoms with Gasteiger partial charge >= 0.3 is 5.97 Å². The number of β-lactam (4-membered cyclic amide) rings is 1. The van der Waals surface area contributed by atoms with Crippen LogP contribution in [0.5, 0.6) is 0 Å². The molecule has 1 unspecified atom stereocenters. The van der Waals surface area contributed by atoms with E-state index in [0.717, 1.165) is 32.0 Å². The monoisotopic (exact) mass is 441 g/mol. The standard InChI is InChI=1S/C20H15N3O5S2/c24-17(11-2-1-4-21-8-11)22-5-3-16-12(9-22)6-13(29-16)7-14-18(25)23-15(20(26)27)10-30(28)19(14)23/h1-2,4,6-8,10,19H,3,5,9H2,(H,26,27)/b14-7-/t19-,30?/m1/s1. The van der Waals surface area contributed by atoms with Crippen LogP contribution in [-0.2, 0) is 33.4 Å². The van der Waals surface area contributed by atoms with Crippen LogP contribution in [-0.4, -0.2) is 53.8 Å². The summed E-state index contributed by atoms with van der Waals surface area (Å²) in [7, 11) is -1.57. The summed E-state index contributed by atoms with van der Waals surface area (Å²) in [5.74, 6) is -1.76. The molecule has 30 heavy (non-hydrogen) atoms. The number of carboxylic acid groups (broad SMARTS) is 1. The van der Waals surface area contributed by atoms with Gasteiger partial charge in [-0.25, -0.2) is 4.79 Å². The molecule has 3 aliphatic heterocycles. The maximum Gasteiger partial charge on any atom is 0.353 e. The highest BCUT2D eigenvalue weighted by Crippen LogP contribution is 2.40. The van der Waals surface area contributed by atoms with Crippen molar-refractivity contribution in [3.8, 4) is 0 Å². The SMILES string of the molecule is O=C(O)C1=CS(=O)[C@@H]2/C(=C\c3cc4c(s3)CCN(C(=O)c3cccnc3)C4)C(=O)N12. The maximum absolute atomic E-state index is 12.7. The molecule has 1 fully saturated rings. The molecular formula is C20H15N3O5S2. The number of aromatic nitrogens is 1. The lowest BCUT2D eigenvalue weighted by Gasteiger charge is -2.36. The Morgan fingerprint density at radius 1 is 1.37 bits per heavy atom. The highest BCUT2D eigenvalue weighted by molar-refractivity contribution is 7.89. The molecule has 5 heterocycles. The molecule has 2 amide bonds. The van der Waals surface area contributed by atoms with Crippen molar-refractivity contribution in [2.75, 3.05) is 6.54 Å². The van der Waals surface area contributed by atoms with Crippen LogP contribution >= 0.6 is 11.3 Å². The van der Waals surface area contributed by atoms with Gasteiger partial charge in [0.2, 0.25) is 0 Å². The molecule has 0 aliphatic carbocycles. The Bertz CT molecular complexity index is 1180. The summed E-state index contributed by atoms with van der Waals surface area (Å²) in [6.45, 7) is 1.07. The molecule has 0 radical (unpaired) electrons. The fourth-order valence-corrected chi connectivity index (χ4v) is 6.35. The summed E-state index contributed by atoms with van der Waals surface area (Å²) >= 11 is 1.54. The maximum atomic E-state index is 12.7. The van der Waals surface area contributed by atoms with Gasteiger partial charge in [-0.1, -0.05) is 0 Å². The fourth-order valence-electron chi connectivity index (χ4n) is 3.83. The number of carbonyl (C=O) groups excluding carboxylic acids is 2. The van der Waals surface area contributed by atoms with E-state index < -0.39 is 28.0 Å². The summed E-state index contributed by atoms with van der Waals surface area (Å²) in [5, 5.41) is 9.55. The smallest absolute Gasteiger partial charge is 0.353 e. The van der Waals surface area contributed by atoms with Gasteiger partial charge in [0, 0.05) is 40.6 Å². The molecule has 1 N–H and O–H groups in total. The molecule has 8 nitrogen and oxygen atoms in total. The number of fused-ring (bicyclic) bond motifs is 2. The van der Waals surface area contributed by atoms with E-state index in [9.17, 15) is 18.6 Å². The number of rotatable bonds is 3. The molecule has 2 aromatic rings. The molecular weight excluding hydrogens is 426 g/mol. The first-order valence-electron chi connectivity index (χ1n) is 9.14. The Morgan fingerprint density at radius 2 is 2.20 bits per heavy atom. The quantitative estimate of drug-likeness (QED) is 0.572. The van der Waals surface area contributed by atoms with E-state index in [2.05, 4.69) is 4.98 Å². The number of pyridine rings is 1. The Hall–Kier alpha value is -3.11. The molecule has 152 valence electrons. The van der Waals surface area contributed by atoms with Crippen LogP contribution in [0.4, 0.5) is 0 Å². The molecule has 10 heteroatoms. The van der Waals surface area contributed by atoms with Gasteiger partial charge in [0.15, 0.2) is 0 Å². The van der Waals surface area contributed by atoms with Crippen molar-refractivity contribution >= 4 is 46.0 Å². The van der Waals surface area contributed by atoms with E-state index >= 15 is 0 Å². The minimum atomic E-state index is -1.57.